The summed E-state index contributed by atoms with van der Waals surface area (Å²) in [5.74, 6) is 0.649. The first-order valence-corrected chi connectivity index (χ1v) is 16.0. The number of aromatic nitrogens is 4. The Labute approximate surface area is 280 Å². The molecule has 0 N–H and O–H groups in total. The van der Waals surface area contributed by atoms with E-state index in [1.165, 1.54) is 0 Å². The van der Waals surface area contributed by atoms with Gasteiger partial charge < -0.3 is 0 Å². The van der Waals surface area contributed by atoms with Crippen LogP contribution in [0.3, 0.4) is 0 Å². The molecule has 8 aromatic rings. The van der Waals surface area contributed by atoms with Gasteiger partial charge in [0.25, 0.3) is 0 Å². The van der Waals surface area contributed by atoms with Crippen molar-refractivity contribution in [3.05, 3.63) is 182 Å². The number of nitrogens with zero attached hydrogens (tertiary/aromatic N) is 4. The van der Waals surface area contributed by atoms with Crippen molar-refractivity contribution in [2.24, 2.45) is 0 Å². The number of hydrogen-bond acceptors (Lipinski definition) is 4. The monoisotopic (exact) mass is 614 g/mol. The third kappa shape index (κ3) is 5.91. The Kier molecular flexibility index (Phi) is 7.87. The largest absolute Gasteiger partial charge is 0.243 e. The first kappa shape index (κ1) is 28.9. The number of rotatable bonds is 7. The third-order valence-corrected chi connectivity index (χ3v) is 8.30. The van der Waals surface area contributed by atoms with Gasteiger partial charge in [-0.15, -0.1) is 0 Å². The molecule has 0 saturated heterocycles. The molecule has 4 nitrogen and oxygen atoms in total. The van der Waals surface area contributed by atoms with E-state index in [-0.39, 0.29) is 0 Å². The molecule has 4 heteroatoms. The molecule has 0 spiro atoms. The second-order valence-corrected chi connectivity index (χ2v) is 11.5. The molecule has 0 aliphatic carbocycles. The van der Waals surface area contributed by atoms with Gasteiger partial charge in [-0.2, -0.15) is 0 Å². The lowest BCUT2D eigenvalue weighted by Crippen LogP contribution is -2.01. The average Bonchev–Trinajstić information content (AvgIpc) is 3.19. The summed E-state index contributed by atoms with van der Waals surface area (Å²) in [7, 11) is 0. The molecule has 0 unspecified atom stereocenters. The summed E-state index contributed by atoms with van der Waals surface area (Å²) >= 11 is 0. The maximum Gasteiger partial charge on any atom is 0.160 e. The van der Waals surface area contributed by atoms with E-state index in [9.17, 15) is 0 Å². The predicted octanol–water partition coefficient (Wildman–Crippen LogP) is 10.9. The topological polar surface area (TPSA) is 51.6 Å². The van der Waals surface area contributed by atoms with Gasteiger partial charge in [-0.3, -0.25) is 0 Å². The zero-order chi connectivity index (χ0) is 32.1. The van der Waals surface area contributed by atoms with Gasteiger partial charge in [-0.1, -0.05) is 170 Å². The summed E-state index contributed by atoms with van der Waals surface area (Å²) in [4.78, 5) is 21.0. The van der Waals surface area contributed by atoms with Gasteiger partial charge in [0, 0.05) is 38.9 Å². The Bertz CT molecular complexity index is 2250. The Morgan fingerprint density at radius 2 is 0.542 bits per heavy atom. The molecule has 8 rings (SSSR count). The van der Waals surface area contributed by atoms with Crippen LogP contribution in [-0.2, 0) is 0 Å². The highest BCUT2D eigenvalue weighted by molar-refractivity contribution is 5.87. The lowest BCUT2D eigenvalue weighted by atomic mass is 9.98. The van der Waals surface area contributed by atoms with Crippen LogP contribution < -0.4 is 0 Å². The van der Waals surface area contributed by atoms with Crippen molar-refractivity contribution in [1.29, 1.82) is 0 Å². The molecule has 6 aromatic carbocycles. The highest BCUT2D eigenvalue weighted by Gasteiger charge is 2.20. The molecule has 0 fully saturated rings. The van der Waals surface area contributed by atoms with Crippen molar-refractivity contribution in [3.8, 4) is 78.9 Å². The van der Waals surface area contributed by atoms with E-state index in [1.807, 2.05) is 91.0 Å². The maximum atomic E-state index is 5.43. The van der Waals surface area contributed by atoms with Crippen LogP contribution in [0.5, 0.6) is 0 Å². The first-order valence-electron chi connectivity index (χ1n) is 16.0. The summed E-state index contributed by atoms with van der Waals surface area (Å²) < 4.78 is 0. The molecule has 48 heavy (non-hydrogen) atoms. The second kappa shape index (κ2) is 13.1. The summed E-state index contributed by atoms with van der Waals surface area (Å²) in [6, 6.07) is 61.8. The fraction of sp³-hybridized carbons (Fsp3) is 0. The van der Waals surface area contributed by atoms with Gasteiger partial charge in [-0.05, 0) is 12.1 Å². The minimum absolute atomic E-state index is 0.649. The zero-order valence-electron chi connectivity index (χ0n) is 26.1. The van der Waals surface area contributed by atoms with E-state index in [2.05, 4.69) is 91.0 Å². The number of benzene rings is 6. The average molecular weight is 615 g/mol. The highest BCUT2D eigenvalue weighted by atomic mass is 14.9. The highest BCUT2D eigenvalue weighted by Crippen LogP contribution is 2.38. The molecule has 0 radical (unpaired) electrons. The summed E-state index contributed by atoms with van der Waals surface area (Å²) in [5.41, 5.74) is 11.9. The smallest absolute Gasteiger partial charge is 0.160 e. The maximum absolute atomic E-state index is 5.43. The van der Waals surface area contributed by atoms with Crippen molar-refractivity contribution in [2.45, 2.75) is 0 Å². The second-order valence-electron chi connectivity index (χ2n) is 11.5. The van der Waals surface area contributed by atoms with Gasteiger partial charge in [0.05, 0.1) is 34.2 Å². The van der Waals surface area contributed by atoms with Crippen LogP contribution in [0.1, 0.15) is 0 Å². The zero-order valence-corrected chi connectivity index (χ0v) is 26.1. The van der Waals surface area contributed by atoms with Gasteiger partial charge >= 0.3 is 0 Å². The molecule has 0 atom stereocenters. The predicted molar refractivity (Wildman–Crippen MR) is 196 cm³/mol. The molecule has 0 aliphatic rings. The lowest BCUT2D eigenvalue weighted by molar-refractivity contribution is 1.18. The van der Waals surface area contributed by atoms with Crippen LogP contribution in [0.4, 0.5) is 0 Å². The third-order valence-electron chi connectivity index (χ3n) is 8.30. The van der Waals surface area contributed by atoms with Gasteiger partial charge in [0.1, 0.15) is 0 Å². The molecule has 0 bridgehead atoms. The molecule has 226 valence electrons. The van der Waals surface area contributed by atoms with Crippen molar-refractivity contribution in [1.82, 2.24) is 19.9 Å². The molecule has 0 amide bonds. The molecule has 2 heterocycles. The SMILES string of the molecule is c1ccc(-c2cc(-c3ccccc3)nc(-c3cccc(-c4nc(-c5ccccc5)c(-c5ccccc5)nc4-c4ccccc4)c3)n2)cc1. The number of hydrogen-bond donors (Lipinski definition) is 0. The van der Waals surface area contributed by atoms with Crippen LogP contribution in [0.25, 0.3) is 78.9 Å². The fourth-order valence-electron chi connectivity index (χ4n) is 5.92. The Morgan fingerprint density at radius 1 is 0.229 bits per heavy atom. The summed E-state index contributed by atoms with van der Waals surface area (Å²) in [6.45, 7) is 0. The van der Waals surface area contributed by atoms with Crippen molar-refractivity contribution in [2.75, 3.05) is 0 Å². The van der Waals surface area contributed by atoms with E-state index in [4.69, 9.17) is 19.9 Å². The molecule has 0 aliphatic heterocycles. The Hall–Kier alpha value is -6.52. The Balaban J connectivity index is 1.34. The van der Waals surface area contributed by atoms with Crippen molar-refractivity contribution in [3.63, 3.8) is 0 Å². The fourth-order valence-corrected chi connectivity index (χ4v) is 5.92. The standard InChI is InChI=1S/C44H30N4/c1-6-17-31(18-7-1)38-30-39(32-19-8-2-9-20-32)46-44(45-38)37-28-16-27-36(29-37)43-42(35-25-14-5-15-26-35)47-40(33-21-10-3-11-22-33)41(48-43)34-23-12-4-13-24-34/h1-30H. The normalized spacial score (nSPS) is 10.9. The Morgan fingerprint density at radius 3 is 0.938 bits per heavy atom. The quantitative estimate of drug-likeness (QED) is 0.179. The van der Waals surface area contributed by atoms with Crippen LogP contribution in [-0.4, -0.2) is 19.9 Å². The first-order chi connectivity index (χ1) is 23.8. The minimum Gasteiger partial charge on any atom is -0.243 e. The van der Waals surface area contributed by atoms with Gasteiger partial charge in [0.2, 0.25) is 0 Å². The molecule has 2 aromatic heterocycles. The van der Waals surface area contributed by atoms with Gasteiger partial charge in [0.15, 0.2) is 5.82 Å². The van der Waals surface area contributed by atoms with Crippen LogP contribution in [0, 0.1) is 0 Å². The van der Waals surface area contributed by atoms with E-state index in [1.54, 1.807) is 0 Å². The summed E-state index contributed by atoms with van der Waals surface area (Å²) in [5, 5.41) is 0. The van der Waals surface area contributed by atoms with E-state index in [0.717, 1.165) is 73.1 Å². The van der Waals surface area contributed by atoms with E-state index in [0.29, 0.717) is 5.82 Å². The van der Waals surface area contributed by atoms with Crippen LogP contribution in [0.15, 0.2) is 182 Å². The van der Waals surface area contributed by atoms with E-state index >= 15 is 0 Å². The van der Waals surface area contributed by atoms with Crippen molar-refractivity contribution >= 4 is 0 Å². The summed E-state index contributed by atoms with van der Waals surface area (Å²) in [6.07, 6.45) is 0. The van der Waals surface area contributed by atoms with E-state index < -0.39 is 0 Å². The molecule has 0 saturated carbocycles. The van der Waals surface area contributed by atoms with Crippen molar-refractivity contribution < 1.29 is 0 Å². The molecular weight excluding hydrogens is 585 g/mol. The van der Waals surface area contributed by atoms with Gasteiger partial charge in [-0.25, -0.2) is 19.9 Å². The molecular formula is C44H30N4. The lowest BCUT2D eigenvalue weighted by Gasteiger charge is -2.16. The van der Waals surface area contributed by atoms with Crippen LogP contribution in [0.2, 0.25) is 0 Å². The minimum atomic E-state index is 0.649. The van der Waals surface area contributed by atoms with Crippen LogP contribution >= 0.6 is 0 Å².